The average Bonchev–Trinajstić information content (AvgIpc) is 2.89. The first-order chi connectivity index (χ1) is 8.15. The zero-order chi connectivity index (χ0) is 12.3. The van der Waals surface area contributed by atoms with E-state index in [-0.39, 0.29) is 11.9 Å². The van der Waals surface area contributed by atoms with E-state index in [1.165, 1.54) is 11.3 Å². The van der Waals surface area contributed by atoms with Crippen LogP contribution in [0.25, 0.3) is 0 Å². The monoisotopic (exact) mass is 269 g/mol. The number of nitrogens with one attached hydrogen (secondary N) is 1. The van der Waals surface area contributed by atoms with Crippen LogP contribution in [-0.4, -0.2) is 5.91 Å². The van der Waals surface area contributed by atoms with Gasteiger partial charge in [0.15, 0.2) is 0 Å². The van der Waals surface area contributed by atoms with Crippen molar-refractivity contribution >= 4 is 28.8 Å². The van der Waals surface area contributed by atoms with Crippen LogP contribution in [0, 0.1) is 5.92 Å². The van der Waals surface area contributed by atoms with Crippen LogP contribution < -0.4 is 5.32 Å². The lowest BCUT2D eigenvalue weighted by molar-refractivity contribution is -0.122. The van der Waals surface area contributed by atoms with Crippen LogP contribution in [0.4, 0.5) is 0 Å². The summed E-state index contributed by atoms with van der Waals surface area (Å²) in [6.45, 7) is 1.99. The number of thiophene rings is 1. The molecule has 0 spiro atoms. The van der Waals surface area contributed by atoms with Gasteiger partial charge in [0, 0.05) is 11.3 Å². The molecule has 0 aliphatic heterocycles. The van der Waals surface area contributed by atoms with Crippen molar-refractivity contribution in [1.82, 2.24) is 5.32 Å². The molecule has 4 heteroatoms. The Balaban J connectivity index is 1.83. The summed E-state index contributed by atoms with van der Waals surface area (Å²) >= 11 is 7.39. The largest absolute Gasteiger partial charge is 0.349 e. The Morgan fingerprint density at radius 1 is 1.65 bits per heavy atom. The summed E-state index contributed by atoms with van der Waals surface area (Å²) in [7, 11) is 0. The lowest BCUT2D eigenvalue weighted by atomic mass is 10.0. The fourth-order valence-corrected chi connectivity index (χ4v) is 3.10. The van der Waals surface area contributed by atoms with Gasteiger partial charge in [-0.25, -0.2) is 0 Å². The van der Waals surface area contributed by atoms with Gasteiger partial charge in [0.05, 0.1) is 10.4 Å². The highest BCUT2D eigenvalue weighted by Gasteiger charge is 2.16. The molecule has 1 amide bonds. The molecule has 0 unspecified atom stereocenters. The third-order valence-corrected chi connectivity index (χ3v) is 4.37. The van der Waals surface area contributed by atoms with Gasteiger partial charge in [0.2, 0.25) is 5.91 Å². The third kappa shape index (κ3) is 3.58. The molecule has 0 saturated carbocycles. The summed E-state index contributed by atoms with van der Waals surface area (Å²) in [5.41, 5.74) is 0. The number of hydrogen-bond donors (Lipinski definition) is 1. The van der Waals surface area contributed by atoms with Gasteiger partial charge in [-0.1, -0.05) is 23.8 Å². The Bertz CT molecular complexity index is 427. The molecule has 0 bridgehead atoms. The highest BCUT2D eigenvalue weighted by Crippen LogP contribution is 2.27. The second-order valence-corrected chi connectivity index (χ2v) is 6.15. The fourth-order valence-electron chi connectivity index (χ4n) is 2.04. The van der Waals surface area contributed by atoms with E-state index in [2.05, 4.69) is 17.5 Å². The number of amides is 1. The van der Waals surface area contributed by atoms with Gasteiger partial charge in [0.25, 0.3) is 0 Å². The van der Waals surface area contributed by atoms with E-state index in [0.717, 1.165) is 22.1 Å². The maximum Gasteiger partial charge on any atom is 0.221 e. The summed E-state index contributed by atoms with van der Waals surface area (Å²) in [5.74, 6) is 0.549. The van der Waals surface area contributed by atoms with Gasteiger partial charge in [0.1, 0.15) is 0 Å². The van der Waals surface area contributed by atoms with Crippen LogP contribution in [0.5, 0.6) is 0 Å². The van der Waals surface area contributed by atoms with Crippen LogP contribution in [0.1, 0.15) is 37.1 Å². The maximum absolute atomic E-state index is 11.8. The van der Waals surface area contributed by atoms with Gasteiger partial charge in [-0.15, -0.1) is 11.3 Å². The van der Waals surface area contributed by atoms with Crippen LogP contribution in [0.3, 0.4) is 0 Å². The molecule has 17 heavy (non-hydrogen) atoms. The van der Waals surface area contributed by atoms with Crippen LogP contribution >= 0.6 is 22.9 Å². The van der Waals surface area contributed by atoms with E-state index < -0.39 is 0 Å². The molecule has 1 aromatic rings. The van der Waals surface area contributed by atoms with Gasteiger partial charge < -0.3 is 5.32 Å². The minimum atomic E-state index is 0.0467. The molecule has 0 saturated heterocycles. The Morgan fingerprint density at radius 3 is 3.06 bits per heavy atom. The molecule has 2 atom stereocenters. The predicted molar refractivity (Wildman–Crippen MR) is 72.4 cm³/mol. The molecule has 92 valence electrons. The Labute approximate surface area is 111 Å². The first-order valence-corrected chi connectivity index (χ1v) is 7.06. The standard InChI is InChI=1S/C13H16ClNOS/c1-9(11-6-7-12(14)17-11)15-13(16)8-10-4-2-3-5-10/h2,4,6-7,9-10H,3,5,8H2,1H3,(H,15,16)/t9-,10-/m0/s1. The van der Waals surface area contributed by atoms with E-state index in [1.54, 1.807) is 0 Å². The fraction of sp³-hybridized carbons (Fsp3) is 0.462. The molecule has 1 aliphatic rings. The molecule has 1 aromatic heterocycles. The van der Waals surface area contributed by atoms with Crippen molar-refractivity contribution < 1.29 is 4.79 Å². The molecular weight excluding hydrogens is 254 g/mol. The molecule has 2 nitrogen and oxygen atoms in total. The second kappa shape index (κ2) is 5.69. The number of halogens is 1. The highest BCUT2D eigenvalue weighted by atomic mass is 35.5. The quantitative estimate of drug-likeness (QED) is 0.825. The van der Waals surface area contributed by atoms with Crippen molar-refractivity contribution in [3.8, 4) is 0 Å². The van der Waals surface area contributed by atoms with Crippen LogP contribution in [0.15, 0.2) is 24.3 Å². The Morgan fingerprint density at radius 2 is 2.47 bits per heavy atom. The van der Waals surface area contributed by atoms with Crippen molar-refractivity contribution in [2.24, 2.45) is 5.92 Å². The van der Waals surface area contributed by atoms with Gasteiger partial charge in [-0.2, -0.15) is 0 Å². The zero-order valence-electron chi connectivity index (χ0n) is 9.78. The van der Waals surface area contributed by atoms with Crippen molar-refractivity contribution in [3.05, 3.63) is 33.5 Å². The smallest absolute Gasteiger partial charge is 0.221 e. The van der Waals surface area contributed by atoms with Crippen LogP contribution in [-0.2, 0) is 4.79 Å². The third-order valence-electron chi connectivity index (χ3n) is 2.96. The van der Waals surface area contributed by atoms with E-state index in [0.29, 0.717) is 12.3 Å². The van der Waals surface area contributed by atoms with E-state index in [9.17, 15) is 4.79 Å². The number of hydrogen-bond acceptors (Lipinski definition) is 2. The lowest BCUT2D eigenvalue weighted by Gasteiger charge is -2.13. The van der Waals surface area contributed by atoms with E-state index in [4.69, 9.17) is 11.6 Å². The van der Waals surface area contributed by atoms with Crippen LogP contribution in [0.2, 0.25) is 4.34 Å². The predicted octanol–water partition coefficient (Wildman–Crippen LogP) is 3.94. The maximum atomic E-state index is 11.8. The molecule has 0 radical (unpaired) electrons. The first-order valence-electron chi connectivity index (χ1n) is 5.86. The van der Waals surface area contributed by atoms with E-state index in [1.807, 2.05) is 19.1 Å². The normalized spacial score (nSPS) is 20.5. The van der Waals surface area contributed by atoms with Crippen molar-refractivity contribution in [2.75, 3.05) is 0 Å². The molecular formula is C13H16ClNOS. The molecule has 1 aliphatic carbocycles. The Hall–Kier alpha value is -0.800. The zero-order valence-corrected chi connectivity index (χ0v) is 11.4. The minimum absolute atomic E-state index is 0.0467. The number of carbonyl (C=O) groups is 1. The Kier molecular flexibility index (Phi) is 4.24. The van der Waals surface area contributed by atoms with Gasteiger partial charge in [-0.05, 0) is 37.8 Å². The summed E-state index contributed by atoms with van der Waals surface area (Å²) in [5, 5.41) is 3.02. The number of rotatable bonds is 4. The van der Waals surface area contributed by atoms with Crippen molar-refractivity contribution in [2.45, 2.75) is 32.2 Å². The average molecular weight is 270 g/mol. The molecule has 1 heterocycles. The number of allylic oxidation sites excluding steroid dienone is 2. The molecule has 1 N–H and O–H groups in total. The summed E-state index contributed by atoms with van der Waals surface area (Å²) < 4.78 is 0.764. The van der Waals surface area contributed by atoms with E-state index >= 15 is 0 Å². The van der Waals surface area contributed by atoms with Crippen molar-refractivity contribution in [3.63, 3.8) is 0 Å². The van der Waals surface area contributed by atoms with Crippen molar-refractivity contribution in [1.29, 1.82) is 0 Å². The summed E-state index contributed by atoms with van der Waals surface area (Å²) in [6, 6.07) is 3.88. The lowest BCUT2D eigenvalue weighted by Crippen LogP contribution is -2.27. The number of carbonyl (C=O) groups excluding carboxylic acids is 1. The summed E-state index contributed by atoms with van der Waals surface area (Å²) in [6.07, 6.45) is 7.10. The molecule has 2 rings (SSSR count). The minimum Gasteiger partial charge on any atom is -0.349 e. The highest BCUT2D eigenvalue weighted by molar-refractivity contribution is 7.16. The first kappa shape index (κ1) is 12.7. The van der Waals surface area contributed by atoms with Gasteiger partial charge in [-0.3, -0.25) is 4.79 Å². The SMILES string of the molecule is C[C@H](NC(=O)C[C@H]1C=CCC1)c1ccc(Cl)s1. The second-order valence-electron chi connectivity index (χ2n) is 4.40. The topological polar surface area (TPSA) is 29.1 Å². The molecule has 0 aromatic carbocycles. The van der Waals surface area contributed by atoms with Gasteiger partial charge >= 0.3 is 0 Å². The summed E-state index contributed by atoms with van der Waals surface area (Å²) in [4.78, 5) is 12.9. The molecule has 0 fully saturated rings.